The van der Waals surface area contributed by atoms with Crippen LogP contribution in [0.4, 0.5) is 5.69 Å². The van der Waals surface area contributed by atoms with Crippen LogP contribution in [0.15, 0.2) is 47.6 Å². The Kier molecular flexibility index (Phi) is 7.22. The second-order valence-corrected chi connectivity index (χ2v) is 8.55. The average Bonchev–Trinajstić information content (AvgIpc) is 3.12. The van der Waals surface area contributed by atoms with Gasteiger partial charge in [-0.2, -0.15) is 0 Å². The molecule has 0 saturated carbocycles. The van der Waals surface area contributed by atoms with Crippen molar-refractivity contribution in [3.63, 3.8) is 0 Å². The Labute approximate surface area is 184 Å². The van der Waals surface area contributed by atoms with Crippen LogP contribution in [0, 0.1) is 0 Å². The van der Waals surface area contributed by atoms with E-state index in [0.717, 1.165) is 11.4 Å². The number of aromatic nitrogens is 3. The van der Waals surface area contributed by atoms with Crippen molar-refractivity contribution in [3.05, 3.63) is 58.1 Å². The van der Waals surface area contributed by atoms with Crippen molar-refractivity contribution in [2.45, 2.75) is 38.4 Å². The van der Waals surface area contributed by atoms with Gasteiger partial charge in [0.25, 0.3) is 0 Å². The molecule has 29 heavy (non-hydrogen) atoms. The molecule has 0 unspecified atom stereocenters. The summed E-state index contributed by atoms with van der Waals surface area (Å²) in [4.78, 5) is 12.3. The van der Waals surface area contributed by atoms with E-state index in [1.165, 1.54) is 17.3 Å². The van der Waals surface area contributed by atoms with E-state index >= 15 is 0 Å². The normalized spacial score (nSPS) is 11.1. The summed E-state index contributed by atoms with van der Waals surface area (Å²) >= 11 is 13.2. The molecule has 1 N–H and O–H groups in total. The Hall–Kier alpha value is -2.02. The molecular weight excluding hydrogens is 427 g/mol. The first-order valence-corrected chi connectivity index (χ1v) is 11.0. The van der Waals surface area contributed by atoms with Gasteiger partial charge in [-0.25, -0.2) is 0 Å². The van der Waals surface area contributed by atoms with E-state index in [1.54, 1.807) is 18.2 Å². The molecule has 0 aliphatic heterocycles. The number of thioether (sulfide) groups is 1. The molecule has 1 amide bonds. The van der Waals surface area contributed by atoms with Gasteiger partial charge in [-0.15, -0.1) is 10.2 Å². The van der Waals surface area contributed by atoms with E-state index in [4.69, 9.17) is 23.2 Å². The van der Waals surface area contributed by atoms with Gasteiger partial charge < -0.3 is 9.88 Å². The molecule has 0 spiro atoms. The molecule has 8 heteroatoms. The predicted octanol–water partition coefficient (Wildman–Crippen LogP) is 6.13. The van der Waals surface area contributed by atoms with Gasteiger partial charge >= 0.3 is 0 Å². The lowest BCUT2D eigenvalue weighted by atomic mass is 10.0. The third-order valence-electron chi connectivity index (χ3n) is 4.40. The Bertz CT molecular complexity index is 1000. The zero-order valence-corrected chi connectivity index (χ0v) is 18.8. The van der Waals surface area contributed by atoms with Gasteiger partial charge in [0, 0.05) is 17.8 Å². The number of benzene rings is 2. The second-order valence-electron chi connectivity index (χ2n) is 6.79. The standard InChI is InChI=1S/C21H22Cl2N4OS/c1-4-27-20(15-7-5-14(6-8-15)13(2)3)25-26-21(27)29-12-19(28)24-16-9-10-17(22)18(23)11-16/h5-11,13H,4,12H2,1-3H3,(H,24,28). The van der Waals surface area contributed by atoms with Crippen molar-refractivity contribution >= 4 is 46.6 Å². The molecule has 1 heterocycles. The van der Waals surface area contributed by atoms with Crippen molar-refractivity contribution in [1.82, 2.24) is 14.8 Å². The quantitative estimate of drug-likeness (QED) is 0.441. The topological polar surface area (TPSA) is 59.8 Å². The summed E-state index contributed by atoms with van der Waals surface area (Å²) in [6.45, 7) is 7.09. The molecule has 1 aromatic heterocycles. The number of amides is 1. The smallest absolute Gasteiger partial charge is 0.234 e. The highest BCUT2D eigenvalue weighted by molar-refractivity contribution is 7.99. The Morgan fingerprint density at radius 3 is 2.45 bits per heavy atom. The maximum absolute atomic E-state index is 12.3. The fourth-order valence-corrected chi connectivity index (χ4v) is 3.91. The summed E-state index contributed by atoms with van der Waals surface area (Å²) < 4.78 is 2.02. The Balaban J connectivity index is 1.68. The van der Waals surface area contributed by atoms with Gasteiger partial charge in [-0.05, 0) is 36.6 Å². The van der Waals surface area contributed by atoms with Crippen molar-refractivity contribution in [2.75, 3.05) is 11.1 Å². The summed E-state index contributed by atoms with van der Waals surface area (Å²) in [5.74, 6) is 1.34. The van der Waals surface area contributed by atoms with Crippen LogP contribution in [0.2, 0.25) is 10.0 Å². The summed E-state index contributed by atoms with van der Waals surface area (Å²) in [7, 11) is 0. The highest BCUT2D eigenvalue weighted by Gasteiger charge is 2.15. The fraction of sp³-hybridized carbons (Fsp3) is 0.286. The van der Waals surface area contributed by atoms with Gasteiger partial charge in [0.1, 0.15) is 0 Å². The van der Waals surface area contributed by atoms with Crippen molar-refractivity contribution in [3.8, 4) is 11.4 Å². The van der Waals surface area contributed by atoms with Crippen LogP contribution < -0.4 is 5.32 Å². The van der Waals surface area contributed by atoms with Gasteiger partial charge in [0.2, 0.25) is 5.91 Å². The minimum Gasteiger partial charge on any atom is -0.325 e. The Morgan fingerprint density at radius 2 is 1.83 bits per heavy atom. The first-order chi connectivity index (χ1) is 13.9. The van der Waals surface area contributed by atoms with E-state index < -0.39 is 0 Å². The van der Waals surface area contributed by atoms with E-state index in [2.05, 4.69) is 53.6 Å². The van der Waals surface area contributed by atoms with Crippen LogP contribution in [0.25, 0.3) is 11.4 Å². The fourth-order valence-electron chi connectivity index (χ4n) is 2.81. The van der Waals surface area contributed by atoms with E-state index in [9.17, 15) is 4.79 Å². The molecule has 5 nitrogen and oxygen atoms in total. The monoisotopic (exact) mass is 448 g/mol. The van der Waals surface area contributed by atoms with Gasteiger partial charge in [-0.1, -0.05) is 73.1 Å². The van der Waals surface area contributed by atoms with Crippen LogP contribution in [0.5, 0.6) is 0 Å². The number of hydrogen-bond donors (Lipinski definition) is 1. The highest BCUT2D eigenvalue weighted by Crippen LogP contribution is 2.27. The number of rotatable bonds is 7. The molecule has 152 valence electrons. The largest absolute Gasteiger partial charge is 0.325 e. The number of anilines is 1. The van der Waals surface area contributed by atoms with E-state index in [1.807, 2.05) is 11.5 Å². The summed E-state index contributed by atoms with van der Waals surface area (Å²) in [6.07, 6.45) is 0. The molecule has 0 saturated heterocycles. The zero-order valence-electron chi connectivity index (χ0n) is 16.4. The SMILES string of the molecule is CCn1c(SCC(=O)Nc2ccc(Cl)c(Cl)c2)nnc1-c1ccc(C(C)C)cc1. The number of nitrogens with one attached hydrogen (secondary N) is 1. The highest BCUT2D eigenvalue weighted by atomic mass is 35.5. The molecule has 0 radical (unpaired) electrons. The third kappa shape index (κ3) is 5.32. The van der Waals surface area contributed by atoms with E-state index in [-0.39, 0.29) is 11.7 Å². The maximum Gasteiger partial charge on any atom is 0.234 e. The van der Waals surface area contributed by atoms with Gasteiger partial charge in [0.05, 0.1) is 15.8 Å². The first-order valence-electron chi connectivity index (χ1n) is 9.30. The second kappa shape index (κ2) is 9.65. The summed E-state index contributed by atoms with van der Waals surface area (Å²) in [5, 5.41) is 13.0. The van der Waals surface area contributed by atoms with Gasteiger partial charge in [-0.3, -0.25) is 4.79 Å². The lowest BCUT2D eigenvalue weighted by Crippen LogP contribution is -2.14. The van der Waals surface area contributed by atoms with Crippen molar-refractivity contribution in [2.24, 2.45) is 0 Å². The van der Waals surface area contributed by atoms with E-state index in [0.29, 0.717) is 33.4 Å². The van der Waals surface area contributed by atoms with Crippen LogP contribution in [-0.4, -0.2) is 26.4 Å². The van der Waals surface area contributed by atoms with Crippen LogP contribution in [0.3, 0.4) is 0 Å². The summed E-state index contributed by atoms with van der Waals surface area (Å²) in [5.41, 5.74) is 2.90. The lowest BCUT2D eigenvalue weighted by Gasteiger charge is -2.09. The molecule has 0 aliphatic carbocycles. The molecule has 0 atom stereocenters. The molecule has 0 fully saturated rings. The van der Waals surface area contributed by atoms with Gasteiger partial charge in [0.15, 0.2) is 11.0 Å². The average molecular weight is 449 g/mol. The van der Waals surface area contributed by atoms with Crippen molar-refractivity contribution < 1.29 is 4.79 Å². The number of carbonyl (C=O) groups excluding carboxylic acids is 1. The molecule has 0 bridgehead atoms. The number of halogens is 2. The molecule has 2 aromatic carbocycles. The molecule has 0 aliphatic rings. The maximum atomic E-state index is 12.3. The number of carbonyl (C=O) groups is 1. The molecule has 3 rings (SSSR count). The Morgan fingerprint density at radius 1 is 1.10 bits per heavy atom. The molecular formula is C21H22Cl2N4OS. The first kappa shape index (κ1) is 21.7. The zero-order chi connectivity index (χ0) is 21.0. The number of hydrogen-bond acceptors (Lipinski definition) is 4. The minimum absolute atomic E-state index is 0.151. The number of nitrogens with zero attached hydrogens (tertiary/aromatic N) is 3. The van der Waals surface area contributed by atoms with Crippen molar-refractivity contribution in [1.29, 1.82) is 0 Å². The molecule has 3 aromatic rings. The minimum atomic E-state index is -0.151. The van der Waals surface area contributed by atoms with Crippen LogP contribution >= 0.6 is 35.0 Å². The summed E-state index contributed by atoms with van der Waals surface area (Å²) in [6, 6.07) is 13.4. The predicted molar refractivity (Wildman–Crippen MR) is 121 cm³/mol. The van der Waals surface area contributed by atoms with Crippen LogP contribution in [-0.2, 0) is 11.3 Å². The third-order valence-corrected chi connectivity index (χ3v) is 6.11. The lowest BCUT2D eigenvalue weighted by molar-refractivity contribution is -0.113. The van der Waals surface area contributed by atoms with Crippen LogP contribution in [0.1, 0.15) is 32.3 Å².